The monoisotopic (exact) mass is 407 g/mol. The number of rotatable bonds is 4. The Hall–Kier alpha value is -2.64. The van der Waals surface area contributed by atoms with Gasteiger partial charge in [0.2, 0.25) is 0 Å². The van der Waals surface area contributed by atoms with Gasteiger partial charge in [-0.25, -0.2) is 0 Å². The number of hydrogen-bond donors (Lipinski definition) is 0. The second-order valence-electron chi connectivity index (χ2n) is 5.86. The van der Waals surface area contributed by atoms with Crippen molar-refractivity contribution in [3.8, 4) is 5.75 Å². The Morgan fingerprint density at radius 1 is 1.30 bits per heavy atom. The number of benzodiazepines with no additional fused rings is 1. The average molecular weight is 408 g/mol. The molecule has 2 aromatic carbocycles. The van der Waals surface area contributed by atoms with Gasteiger partial charge in [-0.05, 0) is 31.2 Å². The predicted octanol–water partition coefficient (Wildman–Crippen LogP) is 4.13. The van der Waals surface area contributed by atoms with E-state index in [1.165, 1.54) is 29.3 Å². The van der Waals surface area contributed by atoms with E-state index in [0.717, 1.165) is 0 Å². The molecule has 9 heteroatoms. The van der Waals surface area contributed by atoms with Crippen molar-refractivity contribution in [1.82, 2.24) is 0 Å². The zero-order valence-electron chi connectivity index (χ0n) is 14.3. The molecule has 2 aromatic rings. The van der Waals surface area contributed by atoms with Gasteiger partial charge >= 0.3 is 0 Å². The molecule has 1 unspecified atom stereocenters. The first kappa shape index (κ1) is 19.1. The Balaban J connectivity index is 1.85. The number of non-ortho nitro benzene ring substituents is 1. The standard InChI is InChI=1S/C18H15Cl2N3O4/c1-11(27-17-5-2-13(19)9-15(17)20)18(24)22-7-6-21-10-12-8-14(23(25)26)3-4-16(12)22/h2-5,8-11H,6-7H2,1H3. The fraction of sp³-hybridized carbons (Fsp3) is 0.222. The van der Waals surface area contributed by atoms with Gasteiger partial charge in [0, 0.05) is 35.5 Å². The predicted molar refractivity (Wildman–Crippen MR) is 104 cm³/mol. The van der Waals surface area contributed by atoms with Gasteiger partial charge in [-0.3, -0.25) is 19.9 Å². The quantitative estimate of drug-likeness (QED) is 0.562. The first-order valence-corrected chi connectivity index (χ1v) is 8.84. The smallest absolute Gasteiger partial charge is 0.270 e. The zero-order chi connectivity index (χ0) is 19.6. The largest absolute Gasteiger partial charge is 0.479 e. The van der Waals surface area contributed by atoms with Gasteiger partial charge in [-0.15, -0.1) is 0 Å². The summed E-state index contributed by atoms with van der Waals surface area (Å²) in [5, 5.41) is 11.8. The van der Waals surface area contributed by atoms with Crippen LogP contribution in [0.3, 0.4) is 0 Å². The van der Waals surface area contributed by atoms with Crippen molar-refractivity contribution in [2.45, 2.75) is 13.0 Å². The highest BCUT2D eigenvalue weighted by Gasteiger charge is 2.27. The Bertz CT molecular complexity index is 933. The van der Waals surface area contributed by atoms with Crippen LogP contribution in [0.4, 0.5) is 11.4 Å². The van der Waals surface area contributed by atoms with Gasteiger partial charge in [0.25, 0.3) is 11.6 Å². The summed E-state index contributed by atoms with van der Waals surface area (Å²) in [7, 11) is 0. The van der Waals surface area contributed by atoms with Gasteiger partial charge in [0.1, 0.15) is 5.75 Å². The topological polar surface area (TPSA) is 85.0 Å². The van der Waals surface area contributed by atoms with Gasteiger partial charge in [-0.2, -0.15) is 0 Å². The van der Waals surface area contributed by atoms with E-state index in [9.17, 15) is 14.9 Å². The molecular weight excluding hydrogens is 393 g/mol. The molecule has 0 aromatic heterocycles. The zero-order valence-corrected chi connectivity index (χ0v) is 15.8. The highest BCUT2D eigenvalue weighted by atomic mass is 35.5. The van der Waals surface area contributed by atoms with E-state index in [0.29, 0.717) is 40.1 Å². The van der Waals surface area contributed by atoms with Crippen LogP contribution in [0.15, 0.2) is 41.4 Å². The van der Waals surface area contributed by atoms with Gasteiger partial charge < -0.3 is 9.64 Å². The molecule has 0 radical (unpaired) electrons. The molecule has 1 heterocycles. The summed E-state index contributed by atoms with van der Waals surface area (Å²) in [6, 6.07) is 9.05. The lowest BCUT2D eigenvalue weighted by Crippen LogP contribution is -2.42. The summed E-state index contributed by atoms with van der Waals surface area (Å²) in [5.74, 6) is 0.0403. The second-order valence-corrected chi connectivity index (χ2v) is 6.70. The highest BCUT2D eigenvalue weighted by Crippen LogP contribution is 2.30. The van der Waals surface area contributed by atoms with E-state index in [4.69, 9.17) is 27.9 Å². The van der Waals surface area contributed by atoms with Crippen molar-refractivity contribution in [2.75, 3.05) is 18.0 Å². The number of aliphatic imine (C=N–C) groups is 1. The molecule has 0 aliphatic carbocycles. The SMILES string of the molecule is CC(Oc1ccc(Cl)cc1Cl)C(=O)N1CCN=Cc2cc([N+](=O)[O-])ccc21. The third kappa shape index (κ3) is 4.20. The van der Waals surface area contributed by atoms with Crippen molar-refractivity contribution in [2.24, 2.45) is 4.99 Å². The molecule has 0 saturated carbocycles. The maximum Gasteiger partial charge on any atom is 0.270 e. The van der Waals surface area contributed by atoms with Crippen molar-refractivity contribution in [3.05, 3.63) is 62.1 Å². The summed E-state index contributed by atoms with van der Waals surface area (Å²) in [4.78, 5) is 29.2. The Morgan fingerprint density at radius 2 is 2.07 bits per heavy atom. The van der Waals surface area contributed by atoms with E-state index < -0.39 is 11.0 Å². The number of carbonyl (C=O) groups is 1. The van der Waals surface area contributed by atoms with E-state index in [1.807, 2.05) is 0 Å². The number of fused-ring (bicyclic) bond motifs is 1. The molecule has 1 amide bonds. The fourth-order valence-electron chi connectivity index (χ4n) is 2.71. The molecule has 7 nitrogen and oxygen atoms in total. The molecule has 3 rings (SSSR count). The van der Waals surface area contributed by atoms with Crippen LogP contribution in [0.2, 0.25) is 10.0 Å². The van der Waals surface area contributed by atoms with E-state index in [2.05, 4.69) is 4.99 Å². The van der Waals surface area contributed by atoms with E-state index in [-0.39, 0.29) is 11.6 Å². The van der Waals surface area contributed by atoms with Crippen LogP contribution in [-0.2, 0) is 4.79 Å². The number of anilines is 1. The number of halogens is 2. The number of nitro groups is 1. The van der Waals surface area contributed by atoms with Gasteiger partial charge in [-0.1, -0.05) is 23.2 Å². The van der Waals surface area contributed by atoms with Crippen molar-refractivity contribution < 1.29 is 14.5 Å². The molecule has 0 fully saturated rings. The molecule has 1 aliphatic heterocycles. The van der Waals surface area contributed by atoms with Gasteiger partial charge in [0.15, 0.2) is 6.10 Å². The number of carbonyl (C=O) groups excluding carboxylic acids is 1. The Morgan fingerprint density at radius 3 is 2.78 bits per heavy atom. The van der Waals surface area contributed by atoms with Crippen LogP contribution >= 0.6 is 23.2 Å². The summed E-state index contributed by atoms with van der Waals surface area (Å²) < 4.78 is 5.70. The van der Waals surface area contributed by atoms with Crippen LogP contribution in [0.25, 0.3) is 0 Å². The third-order valence-corrected chi connectivity index (χ3v) is 4.54. The van der Waals surface area contributed by atoms with Crippen LogP contribution in [0.1, 0.15) is 12.5 Å². The average Bonchev–Trinajstić information content (AvgIpc) is 2.85. The minimum absolute atomic E-state index is 0.0632. The summed E-state index contributed by atoms with van der Waals surface area (Å²) in [6.45, 7) is 2.33. The summed E-state index contributed by atoms with van der Waals surface area (Å²) in [6.07, 6.45) is 0.710. The number of nitro benzene ring substituents is 1. The summed E-state index contributed by atoms with van der Waals surface area (Å²) >= 11 is 12.0. The molecule has 140 valence electrons. The van der Waals surface area contributed by atoms with Crippen LogP contribution < -0.4 is 9.64 Å². The lowest BCUT2D eigenvalue weighted by atomic mass is 10.1. The van der Waals surface area contributed by atoms with Crippen LogP contribution in [-0.4, -0.2) is 36.2 Å². The van der Waals surface area contributed by atoms with E-state index >= 15 is 0 Å². The van der Waals surface area contributed by atoms with Crippen molar-refractivity contribution in [3.63, 3.8) is 0 Å². The third-order valence-electron chi connectivity index (χ3n) is 4.01. The molecular formula is C18H15Cl2N3O4. The maximum absolute atomic E-state index is 13.0. The number of ether oxygens (including phenoxy) is 1. The van der Waals surface area contributed by atoms with E-state index in [1.54, 1.807) is 25.1 Å². The number of hydrogen-bond acceptors (Lipinski definition) is 5. The lowest BCUT2D eigenvalue weighted by Gasteiger charge is -2.26. The molecule has 1 atom stereocenters. The molecule has 0 spiro atoms. The summed E-state index contributed by atoms with van der Waals surface area (Å²) in [5.41, 5.74) is 0.989. The molecule has 27 heavy (non-hydrogen) atoms. The minimum atomic E-state index is -0.829. The Kier molecular flexibility index (Phi) is 5.62. The molecule has 0 bridgehead atoms. The molecule has 0 saturated heterocycles. The van der Waals surface area contributed by atoms with Crippen LogP contribution in [0.5, 0.6) is 5.75 Å². The maximum atomic E-state index is 13.0. The molecule has 1 aliphatic rings. The van der Waals surface area contributed by atoms with Crippen molar-refractivity contribution >= 4 is 46.7 Å². The highest BCUT2D eigenvalue weighted by molar-refractivity contribution is 6.35. The molecule has 0 N–H and O–H groups in total. The Labute approximate surface area is 165 Å². The number of benzene rings is 2. The number of nitrogens with zero attached hydrogens (tertiary/aromatic N) is 3. The second kappa shape index (κ2) is 7.94. The fourth-order valence-corrected chi connectivity index (χ4v) is 3.16. The van der Waals surface area contributed by atoms with Crippen molar-refractivity contribution in [1.29, 1.82) is 0 Å². The lowest BCUT2D eigenvalue weighted by molar-refractivity contribution is -0.384. The normalized spacial score (nSPS) is 14.3. The van der Waals surface area contributed by atoms with Crippen LogP contribution in [0, 0.1) is 10.1 Å². The first-order valence-electron chi connectivity index (χ1n) is 8.08. The van der Waals surface area contributed by atoms with Gasteiger partial charge in [0.05, 0.1) is 22.2 Å². The minimum Gasteiger partial charge on any atom is -0.479 e. The number of amides is 1. The first-order chi connectivity index (χ1) is 12.9.